The second kappa shape index (κ2) is 8.14. The number of fused-ring (bicyclic) bond motifs is 1. The van der Waals surface area contributed by atoms with Crippen molar-refractivity contribution >= 4 is 23.2 Å². The van der Waals surface area contributed by atoms with Crippen LogP contribution in [0, 0.1) is 5.92 Å². The lowest BCUT2D eigenvalue weighted by Crippen LogP contribution is -2.38. The molecular formula is C22H24N4O4. The number of H-pyrrole nitrogens is 1. The number of hydrogen-bond acceptors (Lipinski definition) is 4. The molecule has 0 bridgehead atoms. The highest BCUT2D eigenvalue weighted by Gasteiger charge is 2.20. The molecule has 2 N–H and O–H groups in total. The summed E-state index contributed by atoms with van der Waals surface area (Å²) in [4.78, 5) is 43.6. The van der Waals surface area contributed by atoms with Crippen LogP contribution in [0.25, 0.3) is 28.6 Å². The van der Waals surface area contributed by atoms with E-state index in [4.69, 9.17) is 5.11 Å². The van der Waals surface area contributed by atoms with E-state index in [1.165, 1.54) is 17.1 Å². The summed E-state index contributed by atoms with van der Waals surface area (Å²) in [5.41, 5.74) is 1.41. The molecule has 1 saturated carbocycles. The molecule has 0 radical (unpaired) electrons. The molecule has 1 aliphatic carbocycles. The van der Waals surface area contributed by atoms with Crippen LogP contribution in [0.5, 0.6) is 0 Å². The van der Waals surface area contributed by atoms with Gasteiger partial charge in [-0.25, -0.2) is 14.6 Å². The zero-order valence-corrected chi connectivity index (χ0v) is 16.8. The van der Waals surface area contributed by atoms with Crippen molar-refractivity contribution in [1.82, 2.24) is 19.1 Å². The van der Waals surface area contributed by atoms with E-state index in [1.54, 1.807) is 35.9 Å². The van der Waals surface area contributed by atoms with Gasteiger partial charge < -0.3 is 9.67 Å². The number of aryl methyl sites for hydroxylation is 1. The Morgan fingerprint density at radius 3 is 2.57 bits per heavy atom. The fraction of sp³-hybridized carbons (Fsp3) is 0.364. The summed E-state index contributed by atoms with van der Waals surface area (Å²) in [5, 5.41) is 8.74. The minimum absolute atomic E-state index is 0.275. The molecule has 2 aromatic heterocycles. The molecule has 1 fully saturated rings. The molecular weight excluding hydrogens is 384 g/mol. The number of nitrogens with zero attached hydrogens (tertiary/aromatic N) is 3. The first-order valence-electron chi connectivity index (χ1n) is 10.1. The van der Waals surface area contributed by atoms with Crippen LogP contribution in [-0.2, 0) is 18.4 Å². The number of carbonyl (C=O) groups is 1. The molecule has 2 heterocycles. The average Bonchev–Trinajstić information content (AvgIpc) is 3.07. The molecule has 3 aromatic rings. The minimum atomic E-state index is -1.01. The largest absolute Gasteiger partial charge is 0.478 e. The number of carboxylic acid groups (broad SMARTS) is 1. The zero-order chi connectivity index (χ0) is 21.3. The topological polar surface area (TPSA) is 110 Å². The van der Waals surface area contributed by atoms with Crippen LogP contribution in [0.15, 0.2) is 39.9 Å². The first kappa shape index (κ1) is 19.9. The lowest BCUT2D eigenvalue weighted by Gasteiger charge is -2.21. The van der Waals surface area contributed by atoms with Gasteiger partial charge in [0.2, 0.25) is 0 Å². The maximum absolute atomic E-state index is 13.1. The van der Waals surface area contributed by atoms with Crippen LogP contribution in [0.3, 0.4) is 0 Å². The number of rotatable bonds is 5. The Balaban J connectivity index is 1.72. The molecule has 0 spiro atoms. The molecule has 8 nitrogen and oxygen atoms in total. The van der Waals surface area contributed by atoms with Gasteiger partial charge in [0.15, 0.2) is 11.2 Å². The van der Waals surface area contributed by atoms with Gasteiger partial charge in [0.1, 0.15) is 5.82 Å². The summed E-state index contributed by atoms with van der Waals surface area (Å²) >= 11 is 0. The van der Waals surface area contributed by atoms with Gasteiger partial charge >= 0.3 is 11.7 Å². The molecule has 8 heteroatoms. The van der Waals surface area contributed by atoms with Gasteiger partial charge in [0, 0.05) is 25.2 Å². The SMILES string of the molecule is Cn1c(-c2ccc(/C=C/C(=O)O)cc2)nc2[nH]c(=O)n(CC3CCCCC3)c(=O)c21. The predicted octanol–water partition coefficient (Wildman–Crippen LogP) is 2.77. The Bertz CT molecular complexity index is 1220. The maximum atomic E-state index is 13.1. The summed E-state index contributed by atoms with van der Waals surface area (Å²) in [7, 11) is 1.76. The molecule has 4 rings (SSSR count). The molecule has 0 aliphatic heterocycles. The number of carboxylic acids is 1. The van der Waals surface area contributed by atoms with Crippen molar-refractivity contribution in [2.75, 3.05) is 0 Å². The van der Waals surface area contributed by atoms with Gasteiger partial charge in [0.25, 0.3) is 5.56 Å². The van der Waals surface area contributed by atoms with Crippen LogP contribution in [0.4, 0.5) is 0 Å². The van der Waals surface area contributed by atoms with E-state index in [1.807, 2.05) is 0 Å². The standard InChI is InChI=1S/C22H24N4O4/c1-25-18-19(23-20(25)16-10-7-14(8-11-16)9-12-17(27)28)24-22(30)26(21(18)29)13-15-5-3-2-4-6-15/h7-12,15H,2-6,13H2,1H3,(H,24,30)(H,27,28)/b12-9+. The van der Waals surface area contributed by atoms with Gasteiger partial charge in [-0.05, 0) is 30.4 Å². The summed E-state index contributed by atoms with van der Waals surface area (Å²) < 4.78 is 3.01. The number of aromatic nitrogens is 4. The first-order valence-corrected chi connectivity index (χ1v) is 10.1. The van der Waals surface area contributed by atoms with Crippen LogP contribution in [0.2, 0.25) is 0 Å². The molecule has 0 atom stereocenters. The lowest BCUT2D eigenvalue weighted by atomic mass is 9.89. The first-order chi connectivity index (χ1) is 14.4. The Hall–Kier alpha value is -3.42. The van der Waals surface area contributed by atoms with Gasteiger partial charge in [-0.1, -0.05) is 43.5 Å². The van der Waals surface area contributed by atoms with Crippen molar-refractivity contribution in [1.29, 1.82) is 0 Å². The van der Waals surface area contributed by atoms with Gasteiger partial charge in [-0.15, -0.1) is 0 Å². The van der Waals surface area contributed by atoms with E-state index < -0.39 is 11.7 Å². The maximum Gasteiger partial charge on any atom is 0.330 e. The number of benzene rings is 1. The van der Waals surface area contributed by atoms with E-state index in [0.29, 0.717) is 23.8 Å². The average molecular weight is 408 g/mol. The quantitative estimate of drug-likeness (QED) is 0.631. The zero-order valence-electron chi connectivity index (χ0n) is 16.8. The van der Waals surface area contributed by atoms with Crippen molar-refractivity contribution in [2.24, 2.45) is 13.0 Å². The third-order valence-corrected chi connectivity index (χ3v) is 5.77. The number of imidazole rings is 1. The molecule has 156 valence electrons. The van der Waals surface area contributed by atoms with Crippen molar-refractivity contribution < 1.29 is 9.90 Å². The lowest BCUT2D eigenvalue weighted by molar-refractivity contribution is -0.131. The number of aliphatic carboxylic acids is 1. The summed E-state index contributed by atoms with van der Waals surface area (Å²) in [5.74, 6) is -0.0982. The molecule has 1 aromatic carbocycles. The highest BCUT2D eigenvalue weighted by atomic mass is 16.4. The fourth-order valence-electron chi connectivity index (χ4n) is 4.18. The van der Waals surface area contributed by atoms with E-state index in [-0.39, 0.29) is 11.2 Å². The molecule has 0 saturated heterocycles. The second-order valence-corrected chi connectivity index (χ2v) is 7.84. The Morgan fingerprint density at radius 1 is 1.20 bits per heavy atom. The fourth-order valence-corrected chi connectivity index (χ4v) is 4.18. The van der Waals surface area contributed by atoms with Crippen molar-refractivity contribution in [2.45, 2.75) is 38.6 Å². The predicted molar refractivity (Wildman–Crippen MR) is 114 cm³/mol. The van der Waals surface area contributed by atoms with Crippen LogP contribution in [-0.4, -0.2) is 30.2 Å². The van der Waals surface area contributed by atoms with E-state index in [2.05, 4.69) is 9.97 Å². The molecule has 0 unspecified atom stereocenters. The molecule has 30 heavy (non-hydrogen) atoms. The van der Waals surface area contributed by atoms with Gasteiger partial charge in [-0.2, -0.15) is 0 Å². The van der Waals surface area contributed by atoms with Crippen molar-refractivity contribution in [3.63, 3.8) is 0 Å². The van der Waals surface area contributed by atoms with Crippen LogP contribution < -0.4 is 11.2 Å². The van der Waals surface area contributed by atoms with E-state index in [9.17, 15) is 14.4 Å². The normalized spacial score (nSPS) is 15.2. The molecule has 0 amide bonds. The van der Waals surface area contributed by atoms with Crippen LogP contribution in [0.1, 0.15) is 37.7 Å². The number of hydrogen-bond donors (Lipinski definition) is 2. The van der Waals surface area contributed by atoms with Gasteiger partial charge in [-0.3, -0.25) is 14.3 Å². The summed E-state index contributed by atoms with van der Waals surface area (Å²) in [6.45, 7) is 0.440. The Labute approximate surface area is 172 Å². The summed E-state index contributed by atoms with van der Waals surface area (Å²) in [6, 6.07) is 7.17. The van der Waals surface area contributed by atoms with Crippen molar-refractivity contribution in [3.8, 4) is 11.4 Å². The van der Waals surface area contributed by atoms with Crippen LogP contribution >= 0.6 is 0 Å². The van der Waals surface area contributed by atoms with Gasteiger partial charge in [0.05, 0.1) is 0 Å². The smallest absolute Gasteiger partial charge is 0.330 e. The number of nitrogens with one attached hydrogen (secondary N) is 1. The third-order valence-electron chi connectivity index (χ3n) is 5.77. The highest BCUT2D eigenvalue weighted by molar-refractivity contribution is 5.85. The van der Waals surface area contributed by atoms with E-state index in [0.717, 1.165) is 42.9 Å². The second-order valence-electron chi connectivity index (χ2n) is 7.84. The minimum Gasteiger partial charge on any atom is -0.478 e. The Morgan fingerprint density at radius 2 is 1.90 bits per heavy atom. The number of aromatic amines is 1. The Kier molecular flexibility index (Phi) is 5.39. The monoisotopic (exact) mass is 408 g/mol. The van der Waals surface area contributed by atoms with E-state index >= 15 is 0 Å². The third kappa shape index (κ3) is 3.85. The summed E-state index contributed by atoms with van der Waals surface area (Å²) in [6.07, 6.45) is 8.18. The molecule has 1 aliphatic rings. The highest BCUT2D eigenvalue weighted by Crippen LogP contribution is 2.25. The van der Waals surface area contributed by atoms with Crippen molar-refractivity contribution in [3.05, 3.63) is 56.7 Å².